The van der Waals surface area contributed by atoms with Crippen LogP contribution in [0.1, 0.15) is 11.1 Å². The molecule has 18 heavy (non-hydrogen) atoms. The van der Waals surface area contributed by atoms with E-state index in [0.29, 0.717) is 5.57 Å². The van der Waals surface area contributed by atoms with E-state index < -0.39 is 0 Å². The van der Waals surface area contributed by atoms with E-state index in [0.717, 1.165) is 21.3 Å². The van der Waals surface area contributed by atoms with Crippen LogP contribution in [0.25, 0.3) is 11.6 Å². The standard InChI is InChI=1S/C15H10BrNO/c16-13-7-3-1-5-10(13)9-12-11-6-2-4-8-14(11)17-15(12)18/h1-9H,(H,17,18). The molecule has 2 nitrogen and oxygen atoms in total. The van der Waals surface area contributed by atoms with Crippen molar-refractivity contribution in [3.05, 3.63) is 64.1 Å². The summed E-state index contributed by atoms with van der Waals surface area (Å²) < 4.78 is 0.981. The Labute approximate surface area is 113 Å². The van der Waals surface area contributed by atoms with Gasteiger partial charge in [0.2, 0.25) is 0 Å². The van der Waals surface area contributed by atoms with Crippen molar-refractivity contribution >= 4 is 39.2 Å². The van der Waals surface area contributed by atoms with Gasteiger partial charge in [0.05, 0.1) is 0 Å². The quantitative estimate of drug-likeness (QED) is 0.794. The number of para-hydroxylation sites is 1. The van der Waals surface area contributed by atoms with Crippen molar-refractivity contribution in [2.24, 2.45) is 0 Å². The summed E-state index contributed by atoms with van der Waals surface area (Å²) >= 11 is 3.49. The molecule has 0 fully saturated rings. The molecule has 0 atom stereocenters. The zero-order valence-electron chi connectivity index (χ0n) is 9.48. The average Bonchev–Trinajstić information content (AvgIpc) is 2.69. The molecule has 3 heteroatoms. The van der Waals surface area contributed by atoms with E-state index in [1.165, 1.54) is 0 Å². The maximum atomic E-state index is 12.0. The lowest BCUT2D eigenvalue weighted by Crippen LogP contribution is -2.03. The van der Waals surface area contributed by atoms with Crippen molar-refractivity contribution in [1.29, 1.82) is 0 Å². The largest absolute Gasteiger partial charge is 0.321 e. The lowest BCUT2D eigenvalue weighted by molar-refractivity contribution is -0.110. The molecule has 88 valence electrons. The molecular formula is C15H10BrNO. The van der Waals surface area contributed by atoms with E-state index in [4.69, 9.17) is 0 Å². The first-order chi connectivity index (χ1) is 8.75. The SMILES string of the molecule is O=C1Nc2ccccc2C1=Cc1ccccc1Br. The van der Waals surface area contributed by atoms with Gasteiger partial charge in [-0.15, -0.1) is 0 Å². The number of amides is 1. The third kappa shape index (κ3) is 1.87. The maximum Gasteiger partial charge on any atom is 0.256 e. The fourth-order valence-corrected chi connectivity index (χ4v) is 2.43. The Balaban J connectivity index is 2.13. The predicted molar refractivity (Wildman–Crippen MR) is 77.1 cm³/mol. The first-order valence-electron chi connectivity index (χ1n) is 5.63. The van der Waals surface area contributed by atoms with Crippen LogP contribution in [0.2, 0.25) is 0 Å². The van der Waals surface area contributed by atoms with E-state index in [2.05, 4.69) is 21.2 Å². The van der Waals surface area contributed by atoms with E-state index >= 15 is 0 Å². The molecule has 1 aliphatic heterocycles. The first kappa shape index (κ1) is 11.2. The second kappa shape index (κ2) is 4.42. The highest BCUT2D eigenvalue weighted by molar-refractivity contribution is 9.10. The van der Waals surface area contributed by atoms with Crippen LogP contribution < -0.4 is 5.32 Å². The smallest absolute Gasteiger partial charge is 0.256 e. The molecule has 1 heterocycles. The van der Waals surface area contributed by atoms with Crippen molar-refractivity contribution in [3.8, 4) is 0 Å². The molecule has 0 radical (unpaired) electrons. The molecule has 1 aliphatic rings. The van der Waals surface area contributed by atoms with Crippen molar-refractivity contribution in [1.82, 2.24) is 0 Å². The Morgan fingerprint density at radius 1 is 1.00 bits per heavy atom. The second-order valence-electron chi connectivity index (χ2n) is 4.08. The predicted octanol–water partition coefficient (Wildman–Crippen LogP) is 3.94. The lowest BCUT2D eigenvalue weighted by Gasteiger charge is -2.00. The number of carbonyl (C=O) groups excluding carboxylic acids is 1. The molecule has 0 spiro atoms. The highest BCUT2D eigenvalue weighted by Gasteiger charge is 2.23. The maximum absolute atomic E-state index is 12.0. The van der Waals surface area contributed by atoms with Gasteiger partial charge in [-0.05, 0) is 23.8 Å². The van der Waals surface area contributed by atoms with Crippen LogP contribution in [0.3, 0.4) is 0 Å². The molecule has 2 aromatic carbocycles. The number of hydrogen-bond donors (Lipinski definition) is 1. The van der Waals surface area contributed by atoms with Crippen molar-refractivity contribution in [2.75, 3.05) is 5.32 Å². The fraction of sp³-hybridized carbons (Fsp3) is 0. The molecule has 0 aliphatic carbocycles. The summed E-state index contributed by atoms with van der Waals surface area (Å²) in [4.78, 5) is 12.0. The van der Waals surface area contributed by atoms with Gasteiger partial charge in [-0.25, -0.2) is 0 Å². The molecule has 0 bridgehead atoms. The number of anilines is 1. The Bertz CT molecular complexity index is 661. The van der Waals surface area contributed by atoms with Gasteiger partial charge in [-0.2, -0.15) is 0 Å². The molecule has 1 N–H and O–H groups in total. The van der Waals surface area contributed by atoms with Gasteiger partial charge < -0.3 is 5.32 Å². The summed E-state index contributed by atoms with van der Waals surface area (Å²) in [6.45, 7) is 0. The van der Waals surface area contributed by atoms with Gasteiger partial charge in [0.25, 0.3) is 5.91 Å². The number of halogens is 1. The molecule has 0 saturated heterocycles. The Morgan fingerprint density at radius 3 is 2.56 bits per heavy atom. The van der Waals surface area contributed by atoms with Gasteiger partial charge in [0.15, 0.2) is 0 Å². The van der Waals surface area contributed by atoms with Crippen molar-refractivity contribution < 1.29 is 4.79 Å². The summed E-state index contributed by atoms with van der Waals surface area (Å²) in [6, 6.07) is 15.6. The van der Waals surface area contributed by atoms with Gasteiger partial charge >= 0.3 is 0 Å². The molecule has 1 amide bonds. The van der Waals surface area contributed by atoms with Gasteiger partial charge in [0.1, 0.15) is 0 Å². The summed E-state index contributed by atoms with van der Waals surface area (Å²) in [5.74, 6) is -0.0491. The minimum absolute atomic E-state index is 0.0491. The highest BCUT2D eigenvalue weighted by atomic mass is 79.9. The Morgan fingerprint density at radius 2 is 1.72 bits per heavy atom. The van der Waals surface area contributed by atoms with E-state index in [-0.39, 0.29) is 5.91 Å². The van der Waals surface area contributed by atoms with E-state index in [9.17, 15) is 4.79 Å². The van der Waals surface area contributed by atoms with Gasteiger partial charge in [-0.3, -0.25) is 4.79 Å². The van der Waals surface area contributed by atoms with Crippen molar-refractivity contribution in [3.63, 3.8) is 0 Å². The molecule has 0 aromatic heterocycles. The third-order valence-corrected chi connectivity index (χ3v) is 3.64. The second-order valence-corrected chi connectivity index (χ2v) is 4.93. The average molecular weight is 300 g/mol. The Hall–Kier alpha value is -1.87. The topological polar surface area (TPSA) is 29.1 Å². The van der Waals surface area contributed by atoms with Crippen molar-refractivity contribution in [2.45, 2.75) is 0 Å². The van der Waals surface area contributed by atoms with Crippen LogP contribution in [0.4, 0.5) is 5.69 Å². The van der Waals surface area contributed by atoms with Crippen LogP contribution in [0, 0.1) is 0 Å². The molecule has 0 unspecified atom stereocenters. The molecule has 3 rings (SSSR count). The Kier molecular flexibility index (Phi) is 2.76. The lowest BCUT2D eigenvalue weighted by atomic mass is 10.0. The summed E-state index contributed by atoms with van der Waals surface area (Å²) in [6.07, 6.45) is 1.91. The minimum atomic E-state index is -0.0491. The normalized spacial score (nSPS) is 15.6. The number of carbonyl (C=O) groups is 1. The number of nitrogens with one attached hydrogen (secondary N) is 1. The zero-order chi connectivity index (χ0) is 12.5. The van der Waals surface area contributed by atoms with E-state index in [1.807, 2.05) is 54.6 Å². The van der Waals surface area contributed by atoms with Crippen LogP contribution in [-0.4, -0.2) is 5.91 Å². The molecular weight excluding hydrogens is 290 g/mol. The third-order valence-electron chi connectivity index (χ3n) is 2.92. The van der Waals surface area contributed by atoms with Gasteiger partial charge in [0, 0.05) is 21.3 Å². The zero-order valence-corrected chi connectivity index (χ0v) is 11.1. The molecule has 2 aromatic rings. The summed E-state index contributed by atoms with van der Waals surface area (Å²) in [5, 5.41) is 2.86. The minimum Gasteiger partial charge on any atom is -0.321 e. The number of benzene rings is 2. The van der Waals surface area contributed by atoms with Gasteiger partial charge in [-0.1, -0.05) is 52.3 Å². The highest BCUT2D eigenvalue weighted by Crippen LogP contribution is 2.33. The van der Waals surface area contributed by atoms with Crippen LogP contribution in [0.5, 0.6) is 0 Å². The van der Waals surface area contributed by atoms with Crippen LogP contribution in [0.15, 0.2) is 53.0 Å². The van der Waals surface area contributed by atoms with E-state index in [1.54, 1.807) is 0 Å². The number of hydrogen-bond acceptors (Lipinski definition) is 1. The fourth-order valence-electron chi connectivity index (χ4n) is 2.03. The number of rotatable bonds is 1. The first-order valence-corrected chi connectivity index (χ1v) is 6.42. The van der Waals surface area contributed by atoms with Crippen LogP contribution >= 0.6 is 15.9 Å². The molecule has 0 saturated carbocycles. The van der Waals surface area contributed by atoms with Crippen LogP contribution in [-0.2, 0) is 4.79 Å². The summed E-state index contributed by atoms with van der Waals surface area (Å²) in [7, 11) is 0. The summed E-state index contributed by atoms with van der Waals surface area (Å²) in [5.41, 5.74) is 3.54. The monoisotopic (exact) mass is 299 g/mol. The number of fused-ring (bicyclic) bond motifs is 1.